The zero-order valence-electron chi connectivity index (χ0n) is 7.65. The summed E-state index contributed by atoms with van der Waals surface area (Å²) in [4.78, 5) is 0. The molecule has 1 saturated heterocycles. The molecule has 2 N–H and O–H groups in total. The Morgan fingerprint density at radius 1 is 1.69 bits per heavy atom. The van der Waals surface area contributed by atoms with Crippen LogP contribution in [0.5, 0.6) is 0 Å². The van der Waals surface area contributed by atoms with E-state index < -0.39 is 0 Å². The van der Waals surface area contributed by atoms with E-state index in [9.17, 15) is 0 Å². The first-order valence-corrected chi connectivity index (χ1v) is 4.72. The molecule has 0 bridgehead atoms. The highest BCUT2D eigenvalue weighted by molar-refractivity contribution is 4.99. The van der Waals surface area contributed by atoms with Crippen LogP contribution >= 0.6 is 0 Å². The molecule has 0 spiro atoms. The molecule has 13 heavy (non-hydrogen) atoms. The van der Waals surface area contributed by atoms with Gasteiger partial charge in [0.15, 0.2) is 0 Å². The zero-order valence-corrected chi connectivity index (χ0v) is 7.65. The van der Waals surface area contributed by atoms with Gasteiger partial charge < -0.3 is 10.5 Å². The molecule has 4 heteroatoms. The maximum Gasteiger partial charge on any atom is 0.0771 e. The van der Waals surface area contributed by atoms with Crippen LogP contribution in [0.4, 0.5) is 0 Å². The van der Waals surface area contributed by atoms with Gasteiger partial charge >= 0.3 is 0 Å². The first-order chi connectivity index (χ1) is 6.40. The lowest BCUT2D eigenvalue weighted by molar-refractivity contribution is 0.0932. The van der Waals surface area contributed by atoms with Crippen molar-refractivity contribution in [3.8, 4) is 0 Å². The molecule has 1 aromatic heterocycles. The minimum atomic E-state index is 0.338. The second-order valence-electron chi connectivity index (χ2n) is 3.34. The molecular formula is C9H15N3O. The topological polar surface area (TPSA) is 53.1 Å². The van der Waals surface area contributed by atoms with Gasteiger partial charge in [0, 0.05) is 19.3 Å². The Morgan fingerprint density at radius 2 is 2.62 bits per heavy atom. The van der Waals surface area contributed by atoms with Crippen molar-refractivity contribution < 1.29 is 4.74 Å². The quantitative estimate of drug-likeness (QED) is 0.739. The van der Waals surface area contributed by atoms with Crippen molar-refractivity contribution in [2.75, 3.05) is 6.61 Å². The van der Waals surface area contributed by atoms with Crippen LogP contribution in [0.3, 0.4) is 0 Å². The summed E-state index contributed by atoms with van der Waals surface area (Å²) in [6.07, 6.45) is 4.44. The number of ether oxygens (including phenoxy) is 1. The number of nitrogens with zero attached hydrogens (tertiary/aromatic N) is 2. The van der Waals surface area contributed by atoms with E-state index in [4.69, 9.17) is 10.5 Å². The van der Waals surface area contributed by atoms with Crippen LogP contribution < -0.4 is 5.73 Å². The Balaban J connectivity index is 1.99. The molecule has 1 unspecified atom stereocenters. The van der Waals surface area contributed by atoms with E-state index >= 15 is 0 Å². The molecule has 1 fully saturated rings. The molecule has 0 aromatic carbocycles. The minimum absolute atomic E-state index is 0.338. The molecule has 4 nitrogen and oxygen atoms in total. The molecule has 1 aliphatic rings. The van der Waals surface area contributed by atoms with Gasteiger partial charge in [-0.1, -0.05) is 0 Å². The number of hydrogen-bond donors (Lipinski definition) is 1. The van der Waals surface area contributed by atoms with Gasteiger partial charge in [0.1, 0.15) is 0 Å². The lowest BCUT2D eigenvalue weighted by Gasteiger charge is -2.11. The summed E-state index contributed by atoms with van der Waals surface area (Å²) in [5.74, 6) is 0. The standard InChI is InChI=1S/C9H15N3O/c10-6-8-3-4-11-12(8)7-9-2-1-5-13-9/h3-4,9H,1-2,5-7,10H2. The SMILES string of the molecule is NCc1ccnn1CC1CCCO1. The van der Waals surface area contributed by atoms with Crippen LogP contribution in [-0.4, -0.2) is 22.5 Å². The van der Waals surface area contributed by atoms with Gasteiger partial charge in [-0.25, -0.2) is 0 Å². The summed E-state index contributed by atoms with van der Waals surface area (Å²) >= 11 is 0. The molecule has 0 amide bonds. The van der Waals surface area contributed by atoms with E-state index in [1.165, 1.54) is 6.42 Å². The van der Waals surface area contributed by atoms with Crippen molar-refractivity contribution in [3.63, 3.8) is 0 Å². The third kappa shape index (κ3) is 1.89. The molecule has 2 rings (SSSR count). The highest BCUT2D eigenvalue weighted by atomic mass is 16.5. The van der Waals surface area contributed by atoms with Gasteiger partial charge in [0.05, 0.1) is 18.3 Å². The van der Waals surface area contributed by atoms with Crippen molar-refractivity contribution in [2.24, 2.45) is 5.73 Å². The van der Waals surface area contributed by atoms with Gasteiger partial charge in [0.2, 0.25) is 0 Å². The Labute approximate surface area is 77.7 Å². The third-order valence-electron chi connectivity index (χ3n) is 2.41. The predicted octanol–water partition coefficient (Wildman–Crippen LogP) is 0.521. The number of nitrogens with two attached hydrogens (primary N) is 1. The van der Waals surface area contributed by atoms with Gasteiger partial charge in [-0.3, -0.25) is 4.68 Å². The van der Waals surface area contributed by atoms with E-state index in [0.717, 1.165) is 25.3 Å². The lowest BCUT2D eigenvalue weighted by Crippen LogP contribution is -2.18. The number of rotatable bonds is 3. The fourth-order valence-electron chi connectivity index (χ4n) is 1.68. The Bertz CT molecular complexity index is 266. The summed E-state index contributed by atoms with van der Waals surface area (Å²) in [6, 6.07) is 1.95. The lowest BCUT2D eigenvalue weighted by atomic mass is 10.2. The molecule has 1 aromatic rings. The first-order valence-electron chi connectivity index (χ1n) is 4.72. The maximum atomic E-state index is 5.57. The minimum Gasteiger partial charge on any atom is -0.376 e. The van der Waals surface area contributed by atoms with Crippen LogP contribution in [0, 0.1) is 0 Å². The smallest absolute Gasteiger partial charge is 0.0771 e. The third-order valence-corrected chi connectivity index (χ3v) is 2.41. The highest BCUT2D eigenvalue weighted by Crippen LogP contribution is 2.14. The average molecular weight is 181 g/mol. The summed E-state index contributed by atoms with van der Waals surface area (Å²) in [5, 5.41) is 4.21. The fourth-order valence-corrected chi connectivity index (χ4v) is 1.68. The Morgan fingerprint density at radius 3 is 3.31 bits per heavy atom. The van der Waals surface area contributed by atoms with Crippen LogP contribution in [0.15, 0.2) is 12.3 Å². The summed E-state index contributed by atoms with van der Waals surface area (Å²) in [7, 11) is 0. The van der Waals surface area contributed by atoms with Gasteiger partial charge in [-0.2, -0.15) is 5.10 Å². The number of hydrogen-bond acceptors (Lipinski definition) is 3. The van der Waals surface area contributed by atoms with E-state index in [0.29, 0.717) is 12.6 Å². The maximum absolute atomic E-state index is 5.57. The van der Waals surface area contributed by atoms with Crippen LogP contribution in [0.1, 0.15) is 18.5 Å². The summed E-state index contributed by atoms with van der Waals surface area (Å²) < 4.78 is 7.46. The molecule has 0 aliphatic carbocycles. The molecule has 0 radical (unpaired) electrons. The molecule has 1 aliphatic heterocycles. The van der Waals surface area contributed by atoms with Crippen molar-refractivity contribution in [1.29, 1.82) is 0 Å². The molecule has 1 atom stereocenters. The zero-order chi connectivity index (χ0) is 9.10. The number of aromatic nitrogens is 2. The second kappa shape index (κ2) is 3.89. The van der Waals surface area contributed by atoms with E-state index in [-0.39, 0.29) is 0 Å². The molecule has 2 heterocycles. The average Bonchev–Trinajstić information content (AvgIpc) is 2.76. The molecule has 0 saturated carbocycles. The predicted molar refractivity (Wildman–Crippen MR) is 49.1 cm³/mol. The van der Waals surface area contributed by atoms with Gasteiger partial charge in [-0.05, 0) is 18.9 Å². The van der Waals surface area contributed by atoms with Crippen LogP contribution in [-0.2, 0) is 17.8 Å². The molecular weight excluding hydrogens is 166 g/mol. The fraction of sp³-hybridized carbons (Fsp3) is 0.667. The van der Waals surface area contributed by atoms with Crippen LogP contribution in [0.2, 0.25) is 0 Å². The van der Waals surface area contributed by atoms with Crippen molar-refractivity contribution in [3.05, 3.63) is 18.0 Å². The normalized spacial score (nSPS) is 22.4. The van der Waals surface area contributed by atoms with E-state index in [1.54, 1.807) is 6.20 Å². The van der Waals surface area contributed by atoms with Crippen LogP contribution in [0.25, 0.3) is 0 Å². The second-order valence-corrected chi connectivity index (χ2v) is 3.34. The van der Waals surface area contributed by atoms with Gasteiger partial charge in [0.25, 0.3) is 0 Å². The largest absolute Gasteiger partial charge is 0.376 e. The summed E-state index contributed by atoms with van der Waals surface area (Å²) in [6.45, 7) is 2.29. The van der Waals surface area contributed by atoms with Crippen molar-refractivity contribution in [1.82, 2.24) is 9.78 Å². The van der Waals surface area contributed by atoms with E-state index in [2.05, 4.69) is 5.10 Å². The van der Waals surface area contributed by atoms with E-state index in [1.807, 2.05) is 10.7 Å². The highest BCUT2D eigenvalue weighted by Gasteiger charge is 2.16. The Kier molecular flexibility index (Phi) is 2.61. The monoisotopic (exact) mass is 181 g/mol. The molecule has 72 valence electrons. The van der Waals surface area contributed by atoms with Crippen molar-refractivity contribution >= 4 is 0 Å². The van der Waals surface area contributed by atoms with Crippen molar-refractivity contribution in [2.45, 2.75) is 32.0 Å². The van der Waals surface area contributed by atoms with Gasteiger partial charge in [-0.15, -0.1) is 0 Å². The Hall–Kier alpha value is -0.870. The summed E-state index contributed by atoms with van der Waals surface area (Å²) in [5.41, 5.74) is 6.65. The first kappa shape index (κ1) is 8.72.